The summed E-state index contributed by atoms with van der Waals surface area (Å²) in [6, 6.07) is 13.5. The molecule has 9 heteroatoms. The average Bonchev–Trinajstić information content (AvgIpc) is 2.84. The molecule has 1 heterocycles. The van der Waals surface area contributed by atoms with Crippen molar-refractivity contribution in [2.75, 3.05) is 45.7 Å². The molecule has 2 aromatic rings. The van der Waals surface area contributed by atoms with Crippen LogP contribution in [-0.4, -0.2) is 67.8 Å². The number of hydrogen-bond donors (Lipinski definition) is 3. The van der Waals surface area contributed by atoms with E-state index in [2.05, 4.69) is 10.6 Å². The Morgan fingerprint density at radius 1 is 1.23 bits per heavy atom. The van der Waals surface area contributed by atoms with Crippen LogP contribution >= 0.6 is 11.6 Å². The number of aliphatic hydroxyl groups is 1. The first-order chi connectivity index (χ1) is 16.7. The zero-order chi connectivity index (χ0) is 25.4. The van der Waals surface area contributed by atoms with Crippen LogP contribution in [0.3, 0.4) is 0 Å². The topological polar surface area (TPSA) is 115 Å². The first-order valence-corrected chi connectivity index (χ1v) is 11.9. The second-order valence-electron chi connectivity index (χ2n) is 9.01. The summed E-state index contributed by atoms with van der Waals surface area (Å²) >= 11 is 6.11. The molecular weight excluding hydrogens is 468 g/mol. The zero-order valence-corrected chi connectivity index (χ0v) is 20.8. The number of nitrogens with one attached hydrogen (secondary N) is 2. The third kappa shape index (κ3) is 7.03. The summed E-state index contributed by atoms with van der Waals surface area (Å²) in [5, 5.41) is 26.7. The summed E-state index contributed by atoms with van der Waals surface area (Å²) in [5.74, 6) is -1.10. The molecule has 3 N–H and O–H groups in total. The molecule has 8 nitrogen and oxygen atoms in total. The van der Waals surface area contributed by atoms with E-state index in [0.29, 0.717) is 61.5 Å². The highest BCUT2D eigenvalue weighted by atomic mass is 35.5. The van der Waals surface area contributed by atoms with Crippen molar-refractivity contribution in [3.63, 3.8) is 0 Å². The third-order valence-electron chi connectivity index (χ3n) is 6.14. The summed E-state index contributed by atoms with van der Waals surface area (Å²) in [6.45, 7) is 2.14. The zero-order valence-electron chi connectivity index (χ0n) is 20.0. The van der Waals surface area contributed by atoms with Crippen LogP contribution < -0.4 is 10.6 Å². The fourth-order valence-corrected chi connectivity index (χ4v) is 4.36. The second-order valence-corrected chi connectivity index (χ2v) is 9.41. The van der Waals surface area contributed by atoms with Gasteiger partial charge in [-0.25, -0.2) is 0 Å². The van der Waals surface area contributed by atoms with Gasteiger partial charge in [-0.15, -0.1) is 0 Å². The van der Waals surface area contributed by atoms with Crippen LogP contribution in [0.5, 0.6) is 0 Å². The Morgan fingerprint density at radius 2 is 1.97 bits per heavy atom. The molecule has 2 amide bonds. The lowest BCUT2D eigenvalue weighted by atomic mass is 9.77. The van der Waals surface area contributed by atoms with Crippen LogP contribution in [-0.2, 0) is 16.0 Å². The van der Waals surface area contributed by atoms with Gasteiger partial charge in [-0.05, 0) is 62.8 Å². The predicted molar refractivity (Wildman–Crippen MR) is 134 cm³/mol. The fraction of sp³-hybridized carbons (Fsp3) is 0.423. The summed E-state index contributed by atoms with van der Waals surface area (Å²) in [6.07, 6.45) is 1.10. The summed E-state index contributed by atoms with van der Waals surface area (Å²) < 4.78 is 5.44. The first kappa shape index (κ1) is 26.6. The number of halogens is 1. The molecule has 186 valence electrons. The van der Waals surface area contributed by atoms with Gasteiger partial charge in [-0.1, -0.05) is 23.7 Å². The van der Waals surface area contributed by atoms with E-state index in [1.54, 1.807) is 30.3 Å². The van der Waals surface area contributed by atoms with Crippen molar-refractivity contribution in [3.8, 4) is 6.07 Å². The van der Waals surface area contributed by atoms with Crippen molar-refractivity contribution in [2.45, 2.75) is 24.9 Å². The number of carbonyl (C=O) groups excluding carboxylic acids is 2. The molecule has 3 rings (SSSR count). The molecule has 0 radical (unpaired) electrons. The molecule has 1 fully saturated rings. The normalized spacial score (nSPS) is 15.8. The lowest BCUT2D eigenvalue weighted by Crippen LogP contribution is -2.52. The summed E-state index contributed by atoms with van der Waals surface area (Å²) in [4.78, 5) is 28.0. The van der Waals surface area contributed by atoms with Gasteiger partial charge in [0.15, 0.2) is 0 Å². The number of hydrogen-bond acceptors (Lipinski definition) is 6. The molecule has 2 aromatic carbocycles. The Morgan fingerprint density at radius 3 is 2.63 bits per heavy atom. The van der Waals surface area contributed by atoms with Crippen molar-refractivity contribution in [3.05, 3.63) is 64.2 Å². The van der Waals surface area contributed by atoms with Crippen molar-refractivity contribution < 1.29 is 19.4 Å². The second kappa shape index (κ2) is 12.1. The molecule has 1 atom stereocenters. The minimum absolute atomic E-state index is 0.0341. The maximum atomic E-state index is 13.4. The summed E-state index contributed by atoms with van der Waals surface area (Å²) in [5.41, 5.74) is 0.0927. The fourth-order valence-electron chi connectivity index (χ4n) is 4.14. The molecule has 0 bridgehead atoms. The Labute approximate surface area is 210 Å². The van der Waals surface area contributed by atoms with Crippen LogP contribution in [0.25, 0.3) is 0 Å². The number of ether oxygens (including phenoxy) is 1. The van der Waals surface area contributed by atoms with E-state index < -0.39 is 11.5 Å². The van der Waals surface area contributed by atoms with E-state index in [-0.39, 0.29) is 23.3 Å². The lowest BCUT2D eigenvalue weighted by Gasteiger charge is -2.37. The third-order valence-corrected chi connectivity index (χ3v) is 6.46. The highest BCUT2D eigenvalue weighted by molar-refractivity contribution is 6.32. The van der Waals surface area contributed by atoms with Crippen LogP contribution in [0.1, 0.15) is 34.3 Å². The van der Waals surface area contributed by atoms with Crippen LogP contribution in [0.15, 0.2) is 42.5 Å². The number of benzene rings is 2. The minimum Gasteiger partial charge on any atom is -0.381 e. The van der Waals surface area contributed by atoms with Crippen molar-refractivity contribution in [1.29, 1.82) is 5.26 Å². The summed E-state index contributed by atoms with van der Waals surface area (Å²) in [7, 11) is 3.86. The number of likely N-dealkylation sites (N-methyl/N-ethyl adjacent to an activating group) is 1. The van der Waals surface area contributed by atoms with Crippen LogP contribution in [0.4, 0.5) is 5.69 Å². The van der Waals surface area contributed by atoms with Gasteiger partial charge >= 0.3 is 0 Å². The van der Waals surface area contributed by atoms with Crippen LogP contribution in [0, 0.1) is 17.2 Å². The Balaban J connectivity index is 1.82. The van der Waals surface area contributed by atoms with E-state index in [1.807, 2.05) is 25.1 Å². The molecular formula is C26H31ClN4O4. The van der Waals surface area contributed by atoms with Gasteiger partial charge in [0.1, 0.15) is 11.7 Å². The van der Waals surface area contributed by atoms with Gasteiger partial charge in [0, 0.05) is 49.9 Å². The van der Waals surface area contributed by atoms with Gasteiger partial charge < -0.3 is 25.4 Å². The highest BCUT2D eigenvalue weighted by Gasteiger charge is 2.44. The predicted octanol–water partition coefficient (Wildman–Crippen LogP) is 2.84. The van der Waals surface area contributed by atoms with Gasteiger partial charge in [-0.2, -0.15) is 5.26 Å². The maximum absolute atomic E-state index is 13.4. The Kier molecular flexibility index (Phi) is 9.24. The Hall–Kier alpha value is -2.96. The van der Waals surface area contributed by atoms with Crippen molar-refractivity contribution >= 4 is 29.1 Å². The molecule has 1 aliphatic heterocycles. The molecule has 1 unspecified atom stereocenters. The number of nitrogens with zero attached hydrogens (tertiary/aromatic N) is 2. The quantitative estimate of drug-likeness (QED) is 0.489. The molecule has 1 aliphatic rings. The minimum atomic E-state index is -1.73. The van der Waals surface area contributed by atoms with Crippen molar-refractivity contribution in [1.82, 2.24) is 10.2 Å². The lowest BCUT2D eigenvalue weighted by molar-refractivity contribution is -0.144. The maximum Gasteiger partial charge on any atom is 0.256 e. The molecule has 35 heavy (non-hydrogen) atoms. The number of anilines is 1. The van der Waals surface area contributed by atoms with E-state index >= 15 is 0 Å². The average molecular weight is 499 g/mol. The van der Waals surface area contributed by atoms with E-state index in [1.165, 1.54) is 12.1 Å². The smallest absolute Gasteiger partial charge is 0.256 e. The molecule has 0 saturated carbocycles. The first-order valence-electron chi connectivity index (χ1n) is 11.6. The molecule has 0 spiro atoms. The number of rotatable bonds is 9. The van der Waals surface area contributed by atoms with Gasteiger partial charge in [0.05, 0.1) is 10.6 Å². The van der Waals surface area contributed by atoms with Gasteiger partial charge in [0.2, 0.25) is 0 Å². The van der Waals surface area contributed by atoms with Crippen LogP contribution in [0.2, 0.25) is 5.02 Å². The number of carbonyl (C=O) groups is 2. The van der Waals surface area contributed by atoms with E-state index in [4.69, 9.17) is 21.6 Å². The molecule has 0 aliphatic carbocycles. The van der Waals surface area contributed by atoms with Crippen molar-refractivity contribution in [2.24, 2.45) is 5.92 Å². The number of nitriles is 1. The molecule has 0 aromatic heterocycles. The molecule has 1 saturated heterocycles. The van der Waals surface area contributed by atoms with E-state index in [9.17, 15) is 14.7 Å². The Bertz CT molecular complexity index is 1090. The standard InChI is InChI=1S/C26H31ClN4O4/c1-31(2)11-10-29-24(32)19-5-3-4-18(14-19)16-26(34,21-8-12-35-13-9-21)25(33)30-22-7-6-20(17-28)23(27)15-22/h3-7,14-15,21,34H,8-13,16H2,1-2H3,(H,29,32)(H,30,33). The SMILES string of the molecule is CN(C)CCNC(=O)c1cccc(CC(O)(C(=O)Nc2ccc(C#N)c(Cl)c2)C2CCOCC2)c1. The van der Waals surface area contributed by atoms with Gasteiger partial charge in [-0.3, -0.25) is 9.59 Å². The van der Waals surface area contributed by atoms with E-state index in [0.717, 1.165) is 0 Å². The van der Waals surface area contributed by atoms with Gasteiger partial charge in [0.25, 0.3) is 11.8 Å². The largest absolute Gasteiger partial charge is 0.381 e. The number of amides is 2. The highest BCUT2D eigenvalue weighted by Crippen LogP contribution is 2.33. The monoisotopic (exact) mass is 498 g/mol.